The summed E-state index contributed by atoms with van der Waals surface area (Å²) < 4.78 is 50.7. The van der Waals surface area contributed by atoms with E-state index in [2.05, 4.69) is 11.6 Å². The Balaban J connectivity index is 2.20. The SMILES string of the molecule is CCCc1ccc(S(=O)(=O)Nc2ccc(S(=O)(=O)CC)cc2)cc1. The second-order valence-electron chi connectivity index (χ2n) is 5.43. The molecule has 5 nitrogen and oxygen atoms in total. The molecule has 0 aliphatic carbocycles. The fraction of sp³-hybridized carbons (Fsp3) is 0.294. The second-order valence-corrected chi connectivity index (χ2v) is 9.39. The molecule has 0 heterocycles. The summed E-state index contributed by atoms with van der Waals surface area (Å²) in [5.41, 5.74) is 1.41. The molecule has 1 N–H and O–H groups in total. The molecule has 0 fully saturated rings. The Morgan fingerprint density at radius 2 is 1.33 bits per heavy atom. The van der Waals surface area contributed by atoms with E-state index >= 15 is 0 Å². The van der Waals surface area contributed by atoms with Gasteiger partial charge < -0.3 is 0 Å². The van der Waals surface area contributed by atoms with Crippen LogP contribution in [0.1, 0.15) is 25.8 Å². The van der Waals surface area contributed by atoms with Crippen molar-refractivity contribution in [3.05, 3.63) is 54.1 Å². The van der Waals surface area contributed by atoms with Gasteiger partial charge in [-0.25, -0.2) is 16.8 Å². The predicted molar refractivity (Wildman–Crippen MR) is 95.4 cm³/mol. The third-order valence-electron chi connectivity index (χ3n) is 3.62. The number of aryl methyl sites for hydroxylation is 1. The fourth-order valence-corrected chi connectivity index (χ4v) is 4.18. The van der Waals surface area contributed by atoms with Crippen molar-refractivity contribution in [1.82, 2.24) is 0 Å². The molecule has 0 saturated heterocycles. The van der Waals surface area contributed by atoms with Gasteiger partial charge in [-0.3, -0.25) is 4.72 Å². The molecule has 2 aromatic rings. The van der Waals surface area contributed by atoms with Gasteiger partial charge in [-0.05, 0) is 48.4 Å². The average Bonchev–Trinajstić information content (AvgIpc) is 2.56. The molecule has 0 saturated carbocycles. The minimum Gasteiger partial charge on any atom is -0.280 e. The standard InChI is InChI=1S/C17H21NO4S2/c1-3-5-14-6-10-17(11-7-14)24(21,22)18-15-8-12-16(13-9-15)23(19,20)4-2/h6-13,18H,3-5H2,1-2H3. The van der Waals surface area contributed by atoms with Crippen molar-refractivity contribution in [2.75, 3.05) is 10.5 Å². The van der Waals surface area contributed by atoms with Gasteiger partial charge >= 0.3 is 0 Å². The minimum atomic E-state index is -3.70. The van der Waals surface area contributed by atoms with Gasteiger partial charge in [0.05, 0.1) is 15.5 Å². The fourth-order valence-electron chi connectivity index (χ4n) is 2.24. The lowest BCUT2D eigenvalue weighted by molar-refractivity contribution is 0.597. The number of sulfone groups is 1. The highest BCUT2D eigenvalue weighted by Gasteiger charge is 2.15. The number of rotatable bonds is 7. The average molecular weight is 367 g/mol. The summed E-state index contributed by atoms with van der Waals surface area (Å²) in [7, 11) is -7.00. The molecule has 24 heavy (non-hydrogen) atoms. The van der Waals surface area contributed by atoms with Crippen LogP contribution in [0.5, 0.6) is 0 Å². The maximum atomic E-state index is 12.4. The Bertz CT molecular complexity index is 885. The van der Waals surface area contributed by atoms with Crippen molar-refractivity contribution < 1.29 is 16.8 Å². The summed E-state index contributed by atoms with van der Waals surface area (Å²) in [6.45, 7) is 3.63. The number of anilines is 1. The van der Waals surface area contributed by atoms with Crippen molar-refractivity contribution in [2.45, 2.75) is 36.5 Å². The molecule has 0 aliphatic heterocycles. The van der Waals surface area contributed by atoms with Gasteiger partial charge in [0.25, 0.3) is 10.0 Å². The third kappa shape index (κ3) is 4.36. The molecule has 0 unspecified atom stereocenters. The molecule has 0 aromatic heterocycles. The van der Waals surface area contributed by atoms with Crippen LogP contribution in [-0.4, -0.2) is 22.6 Å². The van der Waals surface area contributed by atoms with Crippen molar-refractivity contribution in [3.8, 4) is 0 Å². The van der Waals surface area contributed by atoms with Crippen molar-refractivity contribution in [3.63, 3.8) is 0 Å². The van der Waals surface area contributed by atoms with Gasteiger partial charge in [0.1, 0.15) is 0 Å². The van der Waals surface area contributed by atoms with Crippen molar-refractivity contribution in [1.29, 1.82) is 0 Å². The summed E-state index contributed by atoms with van der Waals surface area (Å²) >= 11 is 0. The Morgan fingerprint density at radius 1 is 0.792 bits per heavy atom. The molecule has 130 valence electrons. The van der Waals surface area contributed by atoms with E-state index in [9.17, 15) is 16.8 Å². The Labute approximate surface area is 143 Å². The molecule has 2 rings (SSSR count). The summed E-state index contributed by atoms with van der Waals surface area (Å²) in [6, 6.07) is 12.5. The van der Waals surface area contributed by atoms with Crippen LogP contribution in [0.4, 0.5) is 5.69 Å². The van der Waals surface area contributed by atoms with Crippen LogP contribution in [0.15, 0.2) is 58.3 Å². The van der Waals surface area contributed by atoms with E-state index in [1.807, 2.05) is 0 Å². The van der Waals surface area contributed by atoms with Crippen molar-refractivity contribution in [2.24, 2.45) is 0 Å². The van der Waals surface area contributed by atoms with Crippen LogP contribution in [0, 0.1) is 0 Å². The van der Waals surface area contributed by atoms with E-state index < -0.39 is 19.9 Å². The zero-order valence-corrected chi connectivity index (χ0v) is 15.3. The maximum absolute atomic E-state index is 12.4. The zero-order valence-electron chi connectivity index (χ0n) is 13.7. The molecule has 0 aliphatic rings. The Kier molecular flexibility index (Phi) is 5.66. The molecular weight excluding hydrogens is 346 g/mol. The summed E-state index contributed by atoms with van der Waals surface area (Å²) in [5.74, 6) is 0.00217. The summed E-state index contributed by atoms with van der Waals surface area (Å²) in [6.07, 6.45) is 1.90. The van der Waals surface area contributed by atoms with Gasteiger partial charge in [0.2, 0.25) is 0 Å². The Hall–Kier alpha value is -1.86. The predicted octanol–water partition coefficient (Wildman–Crippen LogP) is 3.23. The molecule has 0 amide bonds. The first-order valence-electron chi connectivity index (χ1n) is 7.73. The number of benzene rings is 2. The lowest BCUT2D eigenvalue weighted by Crippen LogP contribution is -2.13. The van der Waals surface area contributed by atoms with E-state index in [0.29, 0.717) is 5.69 Å². The monoisotopic (exact) mass is 367 g/mol. The maximum Gasteiger partial charge on any atom is 0.261 e. The van der Waals surface area contributed by atoms with E-state index in [0.717, 1.165) is 18.4 Å². The summed E-state index contributed by atoms with van der Waals surface area (Å²) in [4.78, 5) is 0.351. The molecule has 0 radical (unpaired) electrons. The van der Waals surface area contributed by atoms with Crippen LogP contribution < -0.4 is 4.72 Å². The van der Waals surface area contributed by atoms with E-state index in [4.69, 9.17) is 0 Å². The lowest BCUT2D eigenvalue weighted by atomic mass is 10.1. The molecule has 0 atom stereocenters. The molecule has 0 bridgehead atoms. The van der Waals surface area contributed by atoms with E-state index in [-0.39, 0.29) is 15.5 Å². The lowest BCUT2D eigenvalue weighted by Gasteiger charge is -2.09. The van der Waals surface area contributed by atoms with Gasteiger partial charge in [-0.1, -0.05) is 32.4 Å². The first-order valence-corrected chi connectivity index (χ1v) is 10.9. The largest absolute Gasteiger partial charge is 0.280 e. The highest BCUT2D eigenvalue weighted by atomic mass is 32.2. The van der Waals surface area contributed by atoms with Crippen LogP contribution >= 0.6 is 0 Å². The Morgan fingerprint density at radius 3 is 1.83 bits per heavy atom. The number of sulfonamides is 1. The van der Waals surface area contributed by atoms with E-state index in [1.54, 1.807) is 31.2 Å². The molecule has 2 aromatic carbocycles. The van der Waals surface area contributed by atoms with Gasteiger partial charge in [-0.15, -0.1) is 0 Å². The van der Waals surface area contributed by atoms with Gasteiger partial charge in [0.15, 0.2) is 9.84 Å². The number of hydrogen-bond acceptors (Lipinski definition) is 4. The van der Waals surface area contributed by atoms with Crippen LogP contribution in [0.3, 0.4) is 0 Å². The smallest absolute Gasteiger partial charge is 0.261 e. The quantitative estimate of drug-likeness (QED) is 0.815. The highest BCUT2D eigenvalue weighted by Crippen LogP contribution is 2.19. The van der Waals surface area contributed by atoms with Gasteiger partial charge in [0, 0.05) is 5.69 Å². The number of nitrogens with one attached hydrogen (secondary N) is 1. The summed E-state index contributed by atoms with van der Waals surface area (Å²) in [5, 5.41) is 0. The highest BCUT2D eigenvalue weighted by molar-refractivity contribution is 7.92. The van der Waals surface area contributed by atoms with Crippen LogP contribution in [0.25, 0.3) is 0 Å². The van der Waals surface area contributed by atoms with Gasteiger partial charge in [-0.2, -0.15) is 0 Å². The molecular formula is C17H21NO4S2. The second kappa shape index (κ2) is 7.36. The topological polar surface area (TPSA) is 80.3 Å². The third-order valence-corrected chi connectivity index (χ3v) is 6.77. The zero-order chi connectivity index (χ0) is 17.8. The minimum absolute atomic E-state index is 0.00217. The molecule has 0 spiro atoms. The number of hydrogen-bond donors (Lipinski definition) is 1. The van der Waals surface area contributed by atoms with Crippen molar-refractivity contribution >= 4 is 25.5 Å². The first kappa shape index (κ1) is 18.5. The normalized spacial score (nSPS) is 12.1. The molecule has 7 heteroatoms. The van der Waals surface area contributed by atoms with Crippen LogP contribution in [0.2, 0.25) is 0 Å². The first-order chi connectivity index (χ1) is 11.3. The van der Waals surface area contributed by atoms with Crippen LogP contribution in [-0.2, 0) is 26.3 Å². The van der Waals surface area contributed by atoms with E-state index in [1.165, 1.54) is 24.3 Å².